The smallest absolute Gasteiger partial charge is 0.189 e. The van der Waals surface area contributed by atoms with Crippen molar-refractivity contribution in [2.75, 3.05) is 12.8 Å². The molecule has 0 atom stereocenters. The summed E-state index contributed by atoms with van der Waals surface area (Å²) in [5.41, 5.74) is 9.68. The molecule has 0 aliphatic rings. The number of nitrogens with two attached hydrogens (primary N) is 1. The zero-order valence-corrected chi connectivity index (χ0v) is 19.3. The minimum atomic E-state index is -3.37. The summed E-state index contributed by atoms with van der Waals surface area (Å²) in [6, 6.07) is 14.0. The Hall–Kier alpha value is -3.56. The molecule has 3 N–H and O–H groups in total. The van der Waals surface area contributed by atoms with Crippen LogP contribution in [0.2, 0.25) is 0 Å². The fourth-order valence-electron chi connectivity index (χ4n) is 3.25. The third kappa shape index (κ3) is 4.64. The highest BCUT2D eigenvalue weighted by molar-refractivity contribution is 7.92. The van der Waals surface area contributed by atoms with E-state index in [0.717, 1.165) is 5.56 Å². The number of sulfone groups is 1. The van der Waals surface area contributed by atoms with E-state index in [1.54, 1.807) is 50.2 Å². The first kappa shape index (κ1) is 21.3. The summed E-state index contributed by atoms with van der Waals surface area (Å²) in [4.78, 5) is 9.06. The van der Waals surface area contributed by atoms with Crippen LogP contribution in [-0.4, -0.2) is 35.8 Å². The third-order valence-corrected chi connectivity index (χ3v) is 7.35. The summed E-state index contributed by atoms with van der Waals surface area (Å²) >= 11 is 0. The Morgan fingerprint density at radius 3 is 2.48 bits per heavy atom. The molecule has 0 bridgehead atoms. The first-order chi connectivity index (χ1) is 16.2. The maximum Gasteiger partial charge on any atom is 0.189 e. The van der Waals surface area contributed by atoms with Crippen LogP contribution in [-0.2, 0) is 16.4 Å². The topological polar surface area (TPSA) is 124 Å². The van der Waals surface area contributed by atoms with E-state index < -0.39 is 15.1 Å². The Labute approximate surface area is 194 Å². The SMILES string of the molecule is [2H]c1cc(CNC)ccc1-c1cc(-c2nc(-c3ccc(S(=O)(=O)C(C)C)cc3)cnc2N)on1. The molecule has 8 nitrogen and oxygen atoms in total. The maximum atomic E-state index is 12.4. The lowest BCUT2D eigenvalue weighted by molar-refractivity contribution is 0.434. The minimum Gasteiger partial charge on any atom is -0.382 e. The predicted octanol–water partition coefficient (Wildman–Crippen LogP) is 3.95. The van der Waals surface area contributed by atoms with Crippen molar-refractivity contribution >= 4 is 15.7 Å². The van der Waals surface area contributed by atoms with Gasteiger partial charge in [-0.25, -0.2) is 18.4 Å². The van der Waals surface area contributed by atoms with Crippen LogP contribution in [0.4, 0.5) is 5.82 Å². The van der Waals surface area contributed by atoms with Crippen LogP contribution in [0, 0.1) is 0 Å². The zero-order valence-electron chi connectivity index (χ0n) is 19.5. The van der Waals surface area contributed by atoms with Crippen molar-refractivity contribution in [1.82, 2.24) is 20.4 Å². The van der Waals surface area contributed by atoms with E-state index in [0.29, 0.717) is 46.6 Å². The second-order valence-corrected chi connectivity index (χ2v) is 10.3. The van der Waals surface area contributed by atoms with Gasteiger partial charge in [0, 0.05) is 23.7 Å². The summed E-state index contributed by atoms with van der Waals surface area (Å²) in [6.45, 7) is 3.96. The van der Waals surface area contributed by atoms with Gasteiger partial charge in [0.2, 0.25) is 0 Å². The first-order valence-corrected chi connectivity index (χ1v) is 11.9. The standard InChI is InChI=1S/C24H25N5O3S/c1-15(2)33(30,31)19-10-8-18(9-11-19)21-14-27-24(25)23(28-21)22-12-20(29-32-22)17-6-4-16(5-7-17)13-26-3/h4-12,14-15,26H,13H2,1-3H3,(H2,25,27)/i6D. The van der Waals surface area contributed by atoms with Gasteiger partial charge in [0.25, 0.3) is 0 Å². The third-order valence-electron chi connectivity index (χ3n) is 5.18. The normalized spacial score (nSPS) is 12.2. The number of hydrogen-bond acceptors (Lipinski definition) is 8. The van der Waals surface area contributed by atoms with E-state index in [2.05, 4.69) is 20.4 Å². The van der Waals surface area contributed by atoms with Crippen LogP contribution in [0.3, 0.4) is 0 Å². The molecule has 2 heterocycles. The van der Waals surface area contributed by atoms with Crippen molar-refractivity contribution in [2.45, 2.75) is 30.5 Å². The number of nitrogens with zero attached hydrogens (tertiary/aromatic N) is 3. The summed E-state index contributed by atoms with van der Waals surface area (Å²) in [5, 5.41) is 6.65. The Kier molecular flexibility index (Phi) is 5.89. The highest BCUT2D eigenvalue weighted by Crippen LogP contribution is 2.30. The number of nitrogen functional groups attached to an aromatic ring is 1. The van der Waals surface area contributed by atoms with Crippen LogP contribution < -0.4 is 11.1 Å². The summed E-state index contributed by atoms with van der Waals surface area (Å²) < 4.78 is 38.6. The molecular formula is C24H25N5O3S. The molecule has 4 aromatic rings. The molecule has 0 saturated heterocycles. The van der Waals surface area contributed by atoms with Crippen LogP contribution in [0.5, 0.6) is 0 Å². The molecule has 0 saturated carbocycles. The molecule has 0 unspecified atom stereocenters. The van der Waals surface area contributed by atoms with Gasteiger partial charge < -0.3 is 15.6 Å². The summed E-state index contributed by atoms with van der Waals surface area (Å²) in [6.07, 6.45) is 1.52. The van der Waals surface area contributed by atoms with Crippen LogP contribution in [0.1, 0.15) is 20.8 Å². The van der Waals surface area contributed by atoms with E-state index in [4.69, 9.17) is 11.6 Å². The lowest BCUT2D eigenvalue weighted by Gasteiger charge is -2.09. The molecule has 170 valence electrons. The lowest BCUT2D eigenvalue weighted by Crippen LogP contribution is -2.13. The largest absolute Gasteiger partial charge is 0.382 e. The molecule has 0 spiro atoms. The maximum absolute atomic E-state index is 12.4. The van der Waals surface area contributed by atoms with E-state index in [-0.39, 0.29) is 10.7 Å². The van der Waals surface area contributed by atoms with Crippen LogP contribution in [0.15, 0.2) is 70.2 Å². The Balaban J connectivity index is 1.66. The molecule has 33 heavy (non-hydrogen) atoms. The van der Waals surface area contributed by atoms with Gasteiger partial charge >= 0.3 is 0 Å². The second-order valence-electron chi connectivity index (χ2n) is 7.82. The number of aromatic nitrogens is 3. The van der Waals surface area contributed by atoms with Gasteiger partial charge in [0.1, 0.15) is 5.69 Å². The van der Waals surface area contributed by atoms with Crippen molar-refractivity contribution in [1.29, 1.82) is 0 Å². The molecule has 2 aromatic carbocycles. The number of benzene rings is 2. The number of nitrogens with one attached hydrogen (secondary N) is 1. The van der Waals surface area contributed by atoms with Gasteiger partial charge in [0.15, 0.2) is 27.1 Å². The van der Waals surface area contributed by atoms with E-state index in [1.165, 1.54) is 6.20 Å². The van der Waals surface area contributed by atoms with Gasteiger partial charge in [-0.15, -0.1) is 0 Å². The van der Waals surface area contributed by atoms with Gasteiger partial charge in [0.05, 0.1) is 23.4 Å². The fraction of sp³-hybridized carbons (Fsp3) is 0.208. The molecule has 0 fully saturated rings. The van der Waals surface area contributed by atoms with Crippen molar-refractivity contribution in [2.24, 2.45) is 0 Å². The Morgan fingerprint density at radius 2 is 1.82 bits per heavy atom. The minimum absolute atomic E-state index is 0.168. The highest BCUT2D eigenvalue weighted by atomic mass is 32.2. The van der Waals surface area contributed by atoms with Gasteiger partial charge in [-0.2, -0.15) is 0 Å². The predicted molar refractivity (Wildman–Crippen MR) is 128 cm³/mol. The fourth-order valence-corrected chi connectivity index (χ4v) is 4.31. The first-order valence-electron chi connectivity index (χ1n) is 10.9. The quantitative estimate of drug-likeness (QED) is 0.421. The molecule has 2 aromatic heterocycles. The Bertz CT molecular complexity index is 1430. The van der Waals surface area contributed by atoms with Gasteiger partial charge in [-0.3, -0.25) is 0 Å². The molecule has 9 heteroatoms. The van der Waals surface area contributed by atoms with Crippen molar-refractivity contribution < 1.29 is 14.3 Å². The summed E-state index contributed by atoms with van der Waals surface area (Å²) in [5.74, 6) is 0.487. The highest BCUT2D eigenvalue weighted by Gasteiger charge is 2.20. The van der Waals surface area contributed by atoms with Crippen LogP contribution >= 0.6 is 0 Å². The second kappa shape index (κ2) is 9.13. The van der Waals surface area contributed by atoms with Crippen molar-refractivity contribution in [3.8, 4) is 34.0 Å². The van der Waals surface area contributed by atoms with E-state index >= 15 is 0 Å². The monoisotopic (exact) mass is 464 g/mol. The van der Waals surface area contributed by atoms with E-state index in [1.807, 2.05) is 19.2 Å². The van der Waals surface area contributed by atoms with Crippen LogP contribution in [0.25, 0.3) is 34.0 Å². The number of anilines is 1. The molecule has 0 radical (unpaired) electrons. The average Bonchev–Trinajstić information content (AvgIpc) is 3.29. The van der Waals surface area contributed by atoms with E-state index in [9.17, 15) is 8.42 Å². The van der Waals surface area contributed by atoms with Crippen molar-refractivity contribution in [3.63, 3.8) is 0 Å². The number of hydrogen-bond donors (Lipinski definition) is 2. The molecular weight excluding hydrogens is 438 g/mol. The van der Waals surface area contributed by atoms with Gasteiger partial charge in [-0.1, -0.05) is 41.5 Å². The molecule has 0 aliphatic heterocycles. The van der Waals surface area contributed by atoms with Crippen molar-refractivity contribution in [3.05, 3.63) is 66.3 Å². The Morgan fingerprint density at radius 1 is 1.09 bits per heavy atom. The molecule has 4 rings (SSSR count). The zero-order chi connectivity index (χ0) is 24.5. The summed E-state index contributed by atoms with van der Waals surface area (Å²) in [7, 11) is -1.51. The lowest BCUT2D eigenvalue weighted by atomic mass is 10.1. The number of rotatable bonds is 7. The van der Waals surface area contributed by atoms with Gasteiger partial charge in [-0.05, 0) is 38.6 Å². The average molecular weight is 465 g/mol. The molecule has 0 aliphatic carbocycles. The molecule has 0 amide bonds.